The molecule has 2 heterocycles. The first-order valence-corrected chi connectivity index (χ1v) is 8.48. The zero-order valence-corrected chi connectivity index (χ0v) is 14.1. The van der Waals surface area contributed by atoms with E-state index in [2.05, 4.69) is 0 Å². The SMILES string of the molecule is N#CCOC(=O)c1c2c(nc3ccccc13)/C(=C\c1ccco1)CCC2. The normalized spacial score (nSPS) is 14.8. The van der Waals surface area contributed by atoms with Crippen molar-refractivity contribution in [2.75, 3.05) is 6.61 Å². The van der Waals surface area contributed by atoms with Gasteiger partial charge in [-0.15, -0.1) is 0 Å². The predicted molar refractivity (Wildman–Crippen MR) is 97.2 cm³/mol. The minimum Gasteiger partial charge on any atom is -0.465 e. The molecule has 0 radical (unpaired) electrons. The predicted octanol–water partition coefficient (Wildman–Crippen LogP) is 4.39. The second kappa shape index (κ2) is 6.85. The molecule has 3 aromatic rings. The monoisotopic (exact) mass is 344 g/mol. The van der Waals surface area contributed by atoms with Crippen LogP contribution in [0.3, 0.4) is 0 Å². The molecule has 4 rings (SSSR count). The number of hydrogen-bond donors (Lipinski definition) is 0. The maximum Gasteiger partial charge on any atom is 0.340 e. The molecule has 0 amide bonds. The Morgan fingerprint density at radius 3 is 2.96 bits per heavy atom. The fourth-order valence-corrected chi connectivity index (χ4v) is 3.42. The summed E-state index contributed by atoms with van der Waals surface area (Å²) in [5, 5.41) is 9.50. The van der Waals surface area contributed by atoms with E-state index in [9.17, 15) is 4.79 Å². The highest BCUT2D eigenvalue weighted by Crippen LogP contribution is 2.36. The van der Waals surface area contributed by atoms with E-state index in [-0.39, 0.29) is 6.61 Å². The number of ether oxygens (including phenoxy) is 1. The van der Waals surface area contributed by atoms with Gasteiger partial charge in [0.1, 0.15) is 11.8 Å². The van der Waals surface area contributed by atoms with Crippen LogP contribution >= 0.6 is 0 Å². The third-order valence-corrected chi connectivity index (χ3v) is 4.50. The molecule has 0 unspecified atom stereocenters. The number of carbonyl (C=O) groups is 1. The smallest absolute Gasteiger partial charge is 0.340 e. The summed E-state index contributed by atoms with van der Waals surface area (Å²) in [6.07, 6.45) is 6.14. The van der Waals surface area contributed by atoms with Gasteiger partial charge >= 0.3 is 5.97 Å². The number of aromatic nitrogens is 1. The number of hydrogen-bond acceptors (Lipinski definition) is 5. The van der Waals surface area contributed by atoms with E-state index in [0.717, 1.165) is 52.8 Å². The maximum atomic E-state index is 12.7. The molecule has 0 spiro atoms. The van der Waals surface area contributed by atoms with Gasteiger partial charge in [-0.2, -0.15) is 5.26 Å². The van der Waals surface area contributed by atoms with Gasteiger partial charge in [0.15, 0.2) is 6.61 Å². The van der Waals surface area contributed by atoms with Gasteiger partial charge in [0.05, 0.1) is 23.0 Å². The largest absolute Gasteiger partial charge is 0.465 e. The highest BCUT2D eigenvalue weighted by atomic mass is 16.5. The van der Waals surface area contributed by atoms with E-state index in [1.807, 2.05) is 48.5 Å². The molecule has 0 N–H and O–H groups in total. The van der Waals surface area contributed by atoms with Crippen LogP contribution in [0.4, 0.5) is 0 Å². The van der Waals surface area contributed by atoms with Gasteiger partial charge in [0.2, 0.25) is 0 Å². The van der Waals surface area contributed by atoms with E-state index in [1.54, 1.807) is 6.26 Å². The number of para-hydroxylation sites is 1. The van der Waals surface area contributed by atoms with Crippen molar-refractivity contribution in [1.29, 1.82) is 5.26 Å². The number of esters is 1. The van der Waals surface area contributed by atoms with Crippen molar-refractivity contribution >= 4 is 28.5 Å². The molecule has 5 nitrogen and oxygen atoms in total. The molecule has 26 heavy (non-hydrogen) atoms. The van der Waals surface area contributed by atoms with Crippen molar-refractivity contribution in [1.82, 2.24) is 4.98 Å². The summed E-state index contributed by atoms with van der Waals surface area (Å²) < 4.78 is 10.6. The van der Waals surface area contributed by atoms with Gasteiger partial charge in [-0.1, -0.05) is 18.2 Å². The van der Waals surface area contributed by atoms with Crippen molar-refractivity contribution in [2.24, 2.45) is 0 Å². The summed E-state index contributed by atoms with van der Waals surface area (Å²) in [5.41, 5.74) is 4.00. The number of carbonyl (C=O) groups excluding carboxylic acids is 1. The number of nitrogens with zero attached hydrogens (tertiary/aromatic N) is 2. The van der Waals surface area contributed by atoms with Crippen molar-refractivity contribution in [3.8, 4) is 6.07 Å². The Hall–Kier alpha value is -3.39. The number of allylic oxidation sites excluding steroid dienone is 1. The van der Waals surface area contributed by atoms with Crippen molar-refractivity contribution in [3.05, 3.63) is 65.2 Å². The Kier molecular flexibility index (Phi) is 4.24. The highest BCUT2D eigenvalue weighted by Gasteiger charge is 2.26. The van der Waals surface area contributed by atoms with Crippen molar-refractivity contribution in [2.45, 2.75) is 19.3 Å². The third kappa shape index (κ3) is 2.86. The lowest BCUT2D eigenvalue weighted by Crippen LogP contribution is -2.15. The zero-order valence-electron chi connectivity index (χ0n) is 14.1. The van der Waals surface area contributed by atoms with E-state index < -0.39 is 5.97 Å². The van der Waals surface area contributed by atoms with Crippen LogP contribution in [0.15, 0.2) is 47.1 Å². The molecule has 1 aliphatic rings. The molecule has 0 atom stereocenters. The van der Waals surface area contributed by atoms with Crippen LogP contribution in [0.1, 0.15) is 40.2 Å². The van der Waals surface area contributed by atoms with E-state index >= 15 is 0 Å². The molecular weight excluding hydrogens is 328 g/mol. The fourth-order valence-electron chi connectivity index (χ4n) is 3.42. The molecule has 0 saturated carbocycles. The lowest BCUT2D eigenvalue weighted by Gasteiger charge is -2.22. The van der Waals surface area contributed by atoms with Crippen LogP contribution in [0.5, 0.6) is 0 Å². The average molecular weight is 344 g/mol. The summed E-state index contributed by atoms with van der Waals surface area (Å²) in [7, 11) is 0. The Balaban J connectivity index is 1.93. The first kappa shape index (κ1) is 16.1. The molecule has 0 aliphatic heterocycles. The van der Waals surface area contributed by atoms with Crippen LogP contribution in [-0.2, 0) is 11.2 Å². The lowest BCUT2D eigenvalue weighted by molar-refractivity contribution is 0.0556. The summed E-state index contributed by atoms with van der Waals surface area (Å²) in [6, 6.07) is 13.1. The Bertz CT molecular complexity index is 1040. The van der Waals surface area contributed by atoms with Crippen molar-refractivity contribution in [3.63, 3.8) is 0 Å². The molecular formula is C21H16N2O3. The topological polar surface area (TPSA) is 76.1 Å². The number of rotatable bonds is 3. The van der Waals surface area contributed by atoms with Gasteiger partial charge in [-0.05, 0) is 54.7 Å². The van der Waals surface area contributed by atoms with E-state index in [0.29, 0.717) is 5.56 Å². The standard InChI is InChI=1S/C21H16N2O3/c22-10-12-26-21(24)19-16-7-1-2-9-18(16)23-20-14(5-3-8-17(19)20)13-15-6-4-11-25-15/h1-2,4,6-7,9,11,13H,3,5,8,12H2/b14-13-. The number of fused-ring (bicyclic) bond motifs is 2. The first-order valence-electron chi connectivity index (χ1n) is 8.48. The lowest BCUT2D eigenvalue weighted by atomic mass is 9.86. The second-order valence-corrected chi connectivity index (χ2v) is 6.10. The Morgan fingerprint density at radius 1 is 1.27 bits per heavy atom. The van der Waals surface area contributed by atoms with Crippen molar-refractivity contribution < 1.29 is 13.9 Å². The quantitative estimate of drug-likeness (QED) is 0.659. The molecule has 1 aromatic carbocycles. The summed E-state index contributed by atoms with van der Waals surface area (Å²) >= 11 is 0. The van der Waals surface area contributed by atoms with E-state index in [1.165, 1.54) is 0 Å². The number of benzene rings is 1. The Labute approximate surface area is 150 Å². The summed E-state index contributed by atoms with van der Waals surface area (Å²) in [5.74, 6) is 0.289. The molecule has 0 saturated heterocycles. The maximum absolute atomic E-state index is 12.7. The minimum atomic E-state index is -0.472. The Morgan fingerprint density at radius 2 is 2.15 bits per heavy atom. The second-order valence-electron chi connectivity index (χ2n) is 6.10. The van der Waals surface area contributed by atoms with Crippen LogP contribution in [0, 0.1) is 11.3 Å². The molecule has 128 valence electrons. The molecule has 5 heteroatoms. The highest BCUT2D eigenvalue weighted by molar-refractivity contribution is 6.06. The van der Waals surface area contributed by atoms with Gasteiger partial charge in [0, 0.05) is 5.39 Å². The van der Waals surface area contributed by atoms with Crippen LogP contribution in [0.2, 0.25) is 0 Å². The molecule has 2 aromatic heterocycles. The van der Waals surface area contributed by atoms with Gasteiger partial charge < -0.3 is 9.15 Å². The van der Waals surface area contributed by atoms with E-state index in [4.69, 9.17) is 19.4 Å². The van der Waals surface area contributed by atoms with Gasteiger partial charge in [-0.3, -0.25) is 0 Å². The van der Waals surface area contributed by atoms with Gasteiger partial charge in [0.25, 0.3) is 0 Å². The van der Waals surface area contributed by atoms with Crippen LogP contribution in [0.25, 0.3) is 22.6 Å². The summed E-state index contributed by atoms with van der Waals surface area (Å²) in [4.78, 5) is 17.5. The molecule has 0 fully saturated rings. The van der Waals surface area contributed by atoms with Crippen LogP contribution in [-0.4, -0.2) is 17.6 Å². The number of pyridine rings is 1. The number of nitriles is 1. The fraction of sp³-hybridized carbons (Fsp3) is 0.190. The van der Waals surface area contributed by atoms with Gasteiger partial charge in [-0.25, -0.2) is 9.78 Å². The van der Waals surface area contributed by atoms with Crippen LogP contribution < -0.4 is 0 Å². The zero-order chi connectivity index (χ0) is 17.9. The molecule has 0 bridgehead atoms. The average Bonchev–Trinajstić information content (AvgIpc) is 3.18. The number of furan rings is 1. The molecule has 1 aliphatic carbocycles. The first-order chi connectivity index (χ1) is 12.8. The summed E-state index contributed by atoms with van der Waals surface area (Å²) in [6.45, 7) is -0.265. The minimum absolute atomic E-state index is 0.265. The third-order valence-electron chi connectivity index (χ3n) is 4.50.